The molecule has 4 heteroatoms. The maximum Gasteiger partial charge on any atom is 0.333 e. The second-order valence-corrected chi connectivity index (χ2v) is 5.66. The molecule has 1 aliphatic carbocycles. The van der Waals surface area contributed by atoms with E-state index in [2.05, 4.69) is 6.58 Å². The van der Waals surface area contributed by atoms with E-state index in [1.165, 1.54) is 0 Å². The molecule has 0 radical (unpaired) electrons. The Morgan fingerprint density at radius 1 is 1.15 bits per heavy atom. The highest BCUT2D eigenvalue weighted by Crippen LogP contribution is 2.33. The summed E-state index contributed by atoms with van der Waals surface area (Å²) in [5, 5.41) is 0. The summed E-state index contributed by atoms with van der Waals surface area (Å²) in [5.74, 6) is -0.468. The minimum absolute atomic E-state index is 0.129. The van der Waals surface area contributed by atoms with Gasteiger partial charge in [-0.05, 0) is 58.8 Å². The van der Waals surface area contributed by atoms with Gasteiger partial charge in [-0.2, -0.15) is 0 Å². The predicted octanol–water partition coefficient (Wildman–Crippen LogP) is 3.54. The Morgan fingerprint density at radius 2 is 1.75 bits per heavy atom. The average molecular weight is 282 g/mol. The Balaban J connectivity index is 2.13. The molecular formula is C16H26O4. The van der Waals surface area contributed by atoms with Gasteiger partial charge in [-0.1, -0.05) is 6.58 Å². The number of ether oxygens (including phenoxy) is 2. The average Bonchev–Trinajstić information content (AvgIpc) is 2.81. The molecule has 114 valence electrons. The van der Waals surface area contributed by atoms with Gasteiger partial charge in [0.05, 0.1) is 6.61 Å². The van der Waals surface area contributed by atoms with Crippen molar-refractivity contribution in [1.82, 2.24) is 0 Å². The number of carbonyl (C=O) groups is 2. The van der Waals surface area contributed by atoms with Crippen molar-refractivity contribution in [3.05, 3.63) is 12.2 Å². The van der Waals surface area contributed by atoms with Crippen LogP contribution in [0.3, 0.4) is 0 Å². The van der Waals surface area contributed by atoms with Crippen LogP contribution in [0.1, 0.15) is 65.2 Å². The van der Waals surface area contributed by atoms with Crippen molar-refractivity contribution in [2.75, 3.05) is 6.61 Å². The van der Waals surface area contributed by atoms with Crippen LogP contribution in [0.25, 0.3) is 0 Å². The predicted molar refractivity (Wildman–Crippen MR) is 77.2 cm³/mol. The van der Waals surface area contributed by atoms with Crippen molar-refractivity contribution in [3.63, 3.8) is 0 Å². The lowest BCUT2D eigenvalue weighted by atomic mass is 10.1. The van der Waals surface area contributed by atoms with Crippen LogP contribution in [0.2, 0.25) is 0 Å². The Morgan fingerprint density at radius 3 is 2.35 bits per heavy atom. The van der Waals surface area contributed by atoms with Crippen molar-refractivity contribution in [1.29, 1.82) is 0 Å². The van der Waals surface area contributed by atoms with E-state index in [9.17, 15) is 9.59 Å². The van der Waals surface area contributed by atoms with Crippen LogP contribution in [0, 0.1) is 0 Å². The summed E-state index contributed by atoms with van der Waals surface area (Å²) in [6.07, 6.45) is 6.68. The molecule has 0 bridgehead atoms. The highest BCUT2D eigenvalue weighted by Gasteiger charge is 2.32. The van der Waals surface area contributed by atoms with Gasteiger partial charge in [0.15, 0.2) is 0 Å². The van der Waals surface area contributed by atoms with Gasteiger partial charge in [-0.15, -0.1) is 0 Å². The molecule has 1 aliphatic rings. The third kappa shape index (κ3) is 5.76. The van der Waals surface area contributed by atoms with Crippen molar-refractivity contribution in [2.45, 2.75) is 70.8 Å². The van der Waals surface area contributed by atoms with Gasteiger partial charge in [0.1, 0.15) is 5.60 Å². The Kier molecular flexibility index (Phi) is 6.76. The first-order chi connectivity index (χ1) is 9.47. The SMILES string of the molecule is C=C(CCCCC(=O)OC1(C)CCCC1)C(=O)OCC. The molecule has 0 aromatic rings. The molecule has 1 saturated carbocycles. The standard InChI is InChI=1S/C16H26O4/c1-4-19-15(18)13(2)9-5-6-10-14(17)20-16(3)11-7-8-12-16/h2,4-12H2,1,3H3. The number of hydrogen-bond acceptors (Lipinski definition) is 4. The van der Waals surface area contributed by atoms with E-state index >= 15 is 0 Å². The first-order valence-corrected chi connectivity index (χ1v) is 7.53. The summed E-state index contributed by atoms with van der Waals surface area (Å²) >= 11 is 0. The van der Waals surface area contributed by atoms with Crippen LogP contribution in [0.5, 0.6) is 0 Å². The smallest absolute Gasteiger partial charge is 0.333 e. The van der Waals surface area contributed by atoms with Crippen molar-refractivity contribution >= 4 is 11.9 Å². The second-order valence-electron chi connectivity index (χ2n) is 5.66. The maximum absolute atomic E-state index is 11.7. The Bertz CT molecular complexity index is 353. The minimum Gasteiger partial charge on any atom is -0.463 e. The van der Waals surface area contributed by atoms with Gasteiger partial charge in [-0.25, -0.2) is 4.79 Å². The minimum atomic E-state index is -0.339. The molecule has 0 amide bonds. The molecule has 0 N–H and O–H groups in total. The monoisotopic (exact) mass is 282 g/mol. The first-order valence-electron chi connectivity index (χ1n) is 7.53. The van der Waals surface area contributed by atoms with Crippen LogP contribution in [-0.2, 0) is 19.1 Å². The van der Waals surface area contributed by atoms with Gasteiger partial charge in [0.25, 0.3) is 0 Å². The summed E-state index contributed by atoms with van der Waals surface area (Å²) in [7, 11) is 0. The lowest BCUT2D eigenvalue weighted by Crippen LogP contribution is -2.27. The van der Waals surface area contributed by atoms with E-state index < -0.39 is 0 Å². The molecule has 4 nitrogen and oxygen atoms in total. The summed E-state index contributed by atoms with van der Waals surface area (Å²) < 4.78 is 10.4. The van der Waals surface area contributed by atoms with E-state index in [1.54, 1.807) is 6.92 Å². The first kappa shape index (κ1) is 16.7. The highest BCUT2D eigenvalue weighted by atomic mass is 16.6. The number of esters is 2. The maximum atomic E-state index is 11.7. The van der Waals surface area contributed by atoms with E-state index in [4.69, 9.17) is 9.47 Å². The molecule has 0 heterocycles. The fourth-order valence-corrected chi connectivity index (χ4v) is 2.49. The van der Waals surface area contributed by atoms with Crippen molar-refractivity contribution < 1.29 is 19.1 Å². The quantitative estimate of drug-likeness (QED) is 0.388. The number of unbranched alkanes of at least 4 members (excludes halogenated alkanes) is 1. The van der Waals surface area contributed by atoms with Crippen LogP contribution in [0.15, 0.2) is 12.2 Å². The third-order valence-electron chi connectivity index (χ3n) is 3.70. The zero-order chi connectivity index (χ0) is 15.0. The molecule has 0 unspecified atom stereocenters. The van der Waals surface area contributed by atoms with E-state index in [0.29, 0.717) is 31.4 Å². The summed E-state index contributed by atoms with van der Waals surface area (Å²) in [6.45, 7) is 7.84. The van der Waals surface area contributed by atoms with Gasteiger partial charge in [0, 0.05) is 12.0 Å². The van der Waals surface area contributed by atoms with Gasteiger partial charge in [-0.3, -0.25) is 4.79 Å². The van der Waals surface area contributed by atoms with Gasteiger partial charge >= 0.3 is 11.9 Å². The molecule has 0 aromatic heterocycles. The van der Waals surface area contributed by atoms with Crippen molar-refractivity contribution in [3.8, 4) is 0 Å². The summed E-state index contributed by atoms with van der Waals surface area (Å²) in [5.41, 5.74) is 0.231. The Hall–Kier alpha value is -1.32. The number of rotatable bonds is 8. The molecule has 0 saturated heterocycles. The van der Waals surface area contributed by atoms with Crippen molar-refractivity contribution in [2.24, 2.45) is 0 Å². The molecule has 0 atom stereocenters. The summed E-state index contributed by atoms with van der Waals surface area (Å²) in [6, 6.07) is 0. The largest absolute Gasteiger partial charge is 0.463 e. The zero-order valence-electron chi connectivity index (χ0n) is 12.7. The Labute approximate surface area is 121 Å². The molecule has 0 aromatic carbocycles. The topological polar surface area (TPSA) is 52.6 Å². The fraction of sp³-hybridized carbons (Fsp3) is 0.750. The second kappa shape index (κ2) is 8.08. The fourth-order valence-electron chi connectivity index (χ4n) is 2.49. The lowest BCUT2D eigenvalue weighted by molar-refractivity contribution is -0.157. The highest BCUT2D eigenvalue weighted by molar-refractivity contribution is 5.87. The zero-order valence-corrected chi connectivity index (χ0v) is 12.7. The molecule has 1 rings (SSSR count). The molecule has 0 aliphatic heterocycles. The lowest BCUT2D eigenvalue weighted by Gasteiger charge is -2.24. The van der Waals surface area contributed by atoms with E-state index in [1.807, 2.05) is 6.92 Å². The molecule has 1 fully saturated rings. The van der Waals surface area contributed by atoms with Gasteiger partial charge < -0.3 is 9.47 Å². The molecule has 0 spiro atoms. The third-order valence-corrected chi connectivity index (χ3v) is 3.70. The van der Waals surface area contributed by atoms with E-state index in [0.717, 1.165) is 32.1 Å². The molecular weight excluding hydrogens is 256 g/mol. The summed E-state index contributed by atoms with van der Waals surface area (Å²) in [4.78, 5) is 23.1. The van der Waals surface area contributed by atoms with Crippen LogP contribution >= 0.6 is 0 Å². The molecule has 20 heavy (non-hydrogen) atoms. The number of hydrogen-bond donors (Lipinski definition) is 0. The van der Waals surface area contributed by atoms with E-state index in [-0.39, 0.29) is 17.5 Å². The van der Waals surface area contributed by atoms with Crippen LogP contribution in [0.4, 0.5) is 0 Å². The normalized spacial score (nSPS) is 16.7. The van der Waals surface area contributed by atoms with Gasteiger partial charge in [0.2, 0.25) is 0 Å². The van der Waals surface area contributed by atoms with Crippen LogP contribution in [-0.4, -0.2) is 24.1 Å². The van der Waals surface area contributed by atoms with Crippen LogP contribution < -0.4 is 0 Å². The number of carbonyl (C=O) groups excluding carboxylic acids is 2.